The van der Waals surface area contributed by atoms with E-state index in [2.05, 4.69) is 4.74 Å². The van der Waals surface area contributed by atoms with Gasteiger partial charge in [-0.2, -0.15) is 14.0 Å². The summed E-state index contributed by atoms with van der Waals surface area (Å²) < 4.78 is 37.3. The van der Waals surface area contributed by atoms with E-state index in [9.17, 15) is 23.6 Å². The van der Waals surface area contributed by atoms with E-state index < -0.39 is 18.1 Å². The van der Waals surface area contributed by atoms with Crippen LogP contribution in [-0.4, -0.2) is 48.3 Å². The lowest BCUT2D eigenvalue weighted by Crippen LogP contribution is -2.43. The maximum absolute atomic E-state index is 13.4. The molecule has 0 spiro atoms. The van der Waals surface area contributed by atoms with Gasteiger partial charge in [0.2, 0.25) is 0 Å². The standard InChI is InChI=1S/C25H21F2N3O4S/c26-25(27)34-20-9-5-4-8-18(20)14-21-23(32)30(16-17-6-2-1-3-7-17)24(35-21)19(15-28)22(31)29-10-12-33-13-11-29/h1-9,14,25H,10-13,16H2. The number of thiazole rings is 1. The van der Waals surface area contributed by atoms with Crippen molar-refractivity contribution in [1.29, 1.82) is 5.26 Å². The summed E-state index contributed by atoms with van der Waals surface area (Å²) in [4.78, 5) is 28.1. The van der Waals surface area contributed by atoms with Gasteiger partial charge in [-0.1, -0.05) is 48.5 Å². The molecule has 1 aliphatic rings. The number of aromatic nitrogens is 1. The number of alkyl halides is 2. The maximum atomic E-state index is 13.4. The van der Waals surface area contributed by atoms with Crippen LogP contribution in [0.3, 0.4) is 0 Å². The second-order valence-electron chi connectivity index (χ2n) is 7.60. The molecule has 3 aromatic rings. The Morgan fingerprint density at radius 2 is 1.83 bits per heavy atom. The molecular formula is C25H21F2N3O4S. The van der Waals surface area contributed by atoms with Gasteiger partial charge in [-0.15, -0.1) is 11.3 Å². The Morgan fingerprint density at radius 3 is 2.51 bits per heavy atom. The Kier molecular flexibility index (Phi) is 7.70. The zero-order chi connectivity index (χ0) is 24.8. The molecule has 0 N–H and O–H groups in total. The fourth-order valence-electron chi connectivity index (χ4n) is 3.67. The Balaban J connectivity index is 1.91. The molecule has 1 fully saturated rings. The van der Waals surface area contributed by atoms with Crippen LogP contribution in [-0.2, 0) is 16.1 Å². The number of rotatable bonds is 6. The zero-order valence-corrected chi connectivity index (χ0v) is 19.3. The molecule has 2 aromatic carbocycles. The Morgan fingerprint density at radius 1 is 1.14 bits per heavy atom. The number of morpholine rings is 1. The molecule has 35 heavy (non-hydrogen) atoms. The summed E-state index contributed by atoms with van der Waals surface area (Å²) in [6.45, 7) is -1.47. The number of nitrogens with zero attached hydrogens (tertiary/aromatic N) is 3. The first-order valence-corrected chi connectivity index (χ1v) is 11.6. The first-order valence-electron chi connectivity index (χ1n) is 10.8. The van der Waals surface area contributed by atoms with Gasteiger partial charge in [-0.25, -0.2) is 0 Å². The molecule has 7 nitrogen and oxygen atoms in total. The maximum Gasteiger partial charge on any atom is 0.387 e. The first-order chi connectivity index (χ1) is 17.0. The topological polar surface area (TPSA) is 84.6 Å². The average molecular weight is 498 g/mol. The van der Waals surface area contributed by atoms with Crippen LogP contribution in [0.2, 0.25) is 0 Å². The van der Waals surface area contributed by atoms with Crippen molar-refractivity contribution in [3.05, 3.63) is 85.3 Å². The van der Waals surface area contributed by atoms with Gasteiger partial charge in [-0.05, 0) is 17.7 Å². The number of hydrogen-bond acceptors (Lipinski definition) is 6. The quantitative estimate of drug-likeness (QED) is 0.520. The van der Waals surface area contributed by atoms with Gasteiger partial charge in [-0.3, -0.25) is 14.2 Å². The third-order valence-electron chi connectivity index (χ3n) is 5.35. The highest BCUT2D eigenvalue weighted by Gasteiger charge is 2.23. The van der Waals surface area contributed by atoms with E-state index in [-0.39, 0.29) is 32.6 Å². The van der Waals surface area contributed by atoms with Crippen molar-refractivity contribution in [2.45, 2.75) is 13.2 Å². The third-order valence-corrected chi connectivity index (χ3v) is 6.48. The monoisotopic (exact) mass is 497 g/mol. The first kappa shape index (κ1) is 24.3. The molecule has 0 unspecified atom stereocenters. The molecule has 1 aromatic heterocycles. The number of hydrogen-bond donors (Lipinski definition) is 0. The van der Waals surface area contributed by atoms with E-state index in [0.717, 1.165) is 16.9 Å². The summed E-state index contributed by atoms with van der Waals surface area (Å²) in [5.74, 6) is -0.563. The molecule has 0 saturated carbocycles. The van der Waals surface area contributed by atoms with Gasteiger partial charge < -0.3 is 14.4 Å². The molecule has 0 bridgehead atoms. The summed E-state index contributed by atoms with van der Waals surface area (Å²) >= 11 is 0.966. The second kappa shape index (κ2) is 11.1. The van der Waals surface area contributed by atoms with Crippen molar-refractivity contribution in [3.8, 4) is 11.8 Å². The van der Waals surface area contributed by atoms with Crippen LogP contribution < -0.4 is 19.5 Å². The SMILES string of the molecule is N#CC(C(=O)N1CCOCC1)=c1sc(=Cc2ccccc2OC(F)F)c(=O)n1Cc1ccccc1. The number of carbonyl (C=O) groups is 1. The van der Waals surface area contributed by atoms with E-state index in [1.807, 2.05) is 36.4 Å². The summed E-state index contributed by atoms with van der Waals surface area (Å²) in [5.41, 5.74) is 0.491. The van der Waals surface area contributed by atoms with Crippen molar-refractivity contribution in [3.63, 3.8) is 0 Å². The molecule has 0 aliphatic carbocycles. The van der Waals surface area contributed by atoms with Crippen LogP contribution in [0.4, 0.5) is 8.78 Å². The molecule has 10 heteroatoms. The number of carbonyl (C=O) groups excluding carboxylic acids is 1. The van der Waals surface area contributed by atoms with Gasteiger partial charge in [0.05, 0.1) is 24.3 Å². The third kappa shape index (κ3) is 5.65. The summed E-state index contributed by atoms with van der Waals surface area (Å²) in [6, 6.07) is 17.2. The number of nitriles is 1. The minimum absolute atomic E-state index is 0.0830. The normalized spacial score (nSPS) is 15.1. The highest BCUT2D eigenvalue weighted by Crippen LogP contribution is 2.20. The molecule has 180 valence electrons. The molecule has 0 radical (unpaired) electrons. The average Bonchev–Trinajstić information content (AvgIpc) is 3.16. The van der Waals surface area contributed by atoms with E-state index in [1.54, 1.807) is 18.2 Å². The molecule has 0 atom stereocenters. The lowest BCUT2D eigenvalue weighted by molar-refractivity contribution is -0.128. The predicted octanol–water partition coefficient (Wildman–Crippen LogP) is 1.92. The minimum atomic E-state index is -3.03. The Bertz CT molecular complexity index is 1420. The molecular weight excluding hydrogens is 476 g/mol. The number of benzene rings is 2. The van der Waals surface area contributed by atoms with Crippen LogP contribution >= 0.6 is 11.3 Å². The minimum Gasteiger partial charge on any atom is -0.434 e. The van der Waals surface area contributed by atoms with Crippen molar-refractivity contribution in [2.75, 3.05) is 26.3 Å². The van der Waals surface area contributed by atoms with E-state index in [0.29, 0.717) is 26.3 Å². The number of para-hydroxylation sites is 1. The van der Waals surface area contributed by atoms with Gasteiger partial charge in [0, 0.05) is 18.7 Å². The number of ether oxygens (including phenoxy) is 2. The van der Waals surface area contributed by atoms with Crippen molar-refractivity contribution >= 4 is 28.9 Å². The predicted molar refractivity (Wildman–Crippen MR) is 126 cm³/mol. The van der Waals surface area contributed by atoms with E-state index in [1.165, 1.54) is 21.6 Å². The molecule has 2 heterocycles. The van der Waals surface area contributed by atoms with E-state index in [4.69, 9.17) is 4.74 Å². The van der Waals surface area contributed by atoms with Crippen molar-refractivity contribution in [2.24, 2.45) is 0 Å². The number of halogens is 2. The molecule has 1 saturated heterocycles. The van der Waals surface area contributed by atoms with Crippen LogP contribution in [0, 0.1) is 11.3 Å². The van der Waals surface area contributed by atoms with Crippen LogP contribution in [0.25, 0.3) is 11.6 Å². The molecule has 1 aliphatic heterocycles. The lowest BCUT2D eigenvalue weighted by atomic mass is 10.2. The largest absolute Gasteiger partial charge is 0.434 e. The van der Waals surface area contributed by atoms with Crippen LogP contribution in [0.5, 0.6) is 5.75 Å². The second-order valence-corrected chi connectivity index (χ2v) is 8.63. The van der Waals surface area contributed by atoms with Crippen LogP contribution in [0.1, 0.15) is 11.1 Å². The van der Waals surface area contributed by atoms with Crippen molar-refractivity contribution in [1.82, 2.24) is 9.47 Å². The van der Waals surface area contributed by atoms with Gasteiger partial charge in [0.25, 0.3) is 11.5 Å². The van der Waals surface area contributed by atoms with Crippen LogP contribution in [0.15, 0.2) is 59.4 Å². The molecule has 1 amide bonds. The van der Waals surface area contributed by atoms with E-state index >= 15 is 0 Å². The van der Waals surface area contributed by atoms with Gasteiger partial charge >= 0.3 is 6.61 Å². The lowest BCUT2D eigenvalue weighted by Gasteiger charge is -2.26. The highest BCUT2D eigenvalue weighted by atomic mass is 32.1. The summed E-state index contributed by atoms with van der Waals surface area (Å²) in [5, 5.41) is 9.92. The smallest absolute Gasteiger partial charge is 0.387 e. The summed E-state index contributed by atoms with van der Waals surface area (Å²) in [6.07, 6.45) is 1.43. The Hall–Kier alpha value is -3.81. The molecule has 4 rings (SSSR count). The fraction of sp³-hybridized carbons (Fsp3) is 0.240. The fourth-order valence-corrected chi connectivity index (χ4v) is 4.76. The zero-order valence-electron chi connectivity index (χ0n) is 18.5. The van der Waals surface area contributed by atoms with Gasteiger partial charge in [0.1, 0.15) is 16.5 Å². The summed E-state index contributed by atoms with van der Waals surface area (Å²) in [7, 11) is 0. The Labute approximate surface area is 203 Å². The van der Waals surface area contributed by atoms with Gasteiger partial charge in [0.15, 0.2) is 5.57 Å². The van der Waals surface area contributed by atoms with Crippen molar-refractivity contribution < 1.29 is 23.0 Å². The highest BCUT2D eigenvalue weighted by molar-refractivity contribution is 7.07. The number of amides is 1.